The van der Waals surface area contributed by atoms with Crippen LogP contribution in [0.1, 0.15) is 42.4 Å². The van der Waals surface area contributed by atoms with Crippen molar-refractivity contribution >= 4 is 11.6 Å². The smallest absolute Gasteiger partial charge is 0.251 e. The van der Waals surface area contributed by atoms with Gasteiger partial charge in [-0.15, -0.1) is 0 Å². The Labute approximate surface area is 170 Å². The lowest BCUT2D eigenvalue weighted by Gasteiger charge is -2.17. The largest absolute Gasteiger partial charge is 0.490 e. The molecule has 0 saturated heterocycles. The van der Waals surface area contributed by atoms with Crippen LogP contribution in [0.15, 0.2) is 36.7 Å². The summed E-state index contributed by atoms with van der Waals surface area (Å²) in [6.07, 6.45) is 3.92. The number of hydrogen-bond donors (Lipinski definition) is 1. The summed E-state index contributed by atoms with van der Waals surface area (Å²) in [7, 11) is 0. The third-order valence-electron chi connectivity index (χ3n) is 4.25. The van der Waals surface area contributed by atoms with E-state index >= 15 is 0 Å². The maximum atomic E-state index is 12.8. The van der Waals surface area contributed by atoms with Crippen molar-refractivity contribution in [2.75, 3.05) is 19.8 Å². The van der Waals surface area contributed by atoms with E-state index in [-0.39, 0.29) is 5.91 Å². The fourth-order valence-corrected chi connectivity index (χ4v) is 3.03. The summed E-state index contributed by atoms with van der Waals surface area (Å²) in [5.41, 5.74) is 3.22. The minimum atomic E-state index is -0.233. The molecule has 0 fully saturated rings. The molecule has 0 aliphatic rings. The molecular weight excluding hydrogens is 370 g/mol. The van der Waals surface area contributed by atoms with Gasteiger partial charge in [-0.1, -0.05) is 6.07 Å². The number of imidazole rings is 1. The number of aryl methyl sites for hydroxylation is 1. The molecule has 0 atom stereocenters. The van der Waals surface area contributed by atoms with E-state index in [1.165, 1.54) is 0 Å². The number of hydrogen-bond acceptors (Lipinski definition) is 5. The van der Waals surface area contributed by atoms with Gasteiger partial charge in [-0.2, -0.15) is 0 Å². The predicted molar refractivity (Wildman–Crippen MR) is 111 cm³/mol. The molecule has 2 heterocycles. The number of amides is 1. The van der Waals surface area contributed by atoms with Crippen LogP contribution in [0.3, 0.4) is 0 Å². The normalized spacial score (nSPS) is 10.8. The number of pyridine rings is 1. The average molecular weight is 397 g/mol. The van der Waals surface area contributed by atoms with Crippen LogP contribution in [0.4, 0.5) is 0 Å². The molecule has 154 valence electrons. The van der Waals surface area contributed by atoms with Crippen molar-refractivity contribution in [3.63, 3.8) is 0 Å². The van der Waals surface area contributed by atoms with Crippen molar-refractivity contribution in [2.24, 2.45) is 0 Å². The number of carbonyl (C=O) groups excluding carboxylic acids is 1. The van der Waals surface area contributed by atoms with E-state index in [2.05, 4.69) is 10.3 Å². The molecule has 7 heteroatoms. The van der Waals surface area contributed by atoms with Gasteiger partial charge in [0.15, 0.2) is 11.5 Å². The van der Waals surface area contributed by atoms with Crippen molar-refractivity contribution in [3.05, 3.63) is 53.5 Å². The van der Waals surface area contributed by atoms with Crippen LogP contribution in [0.2, 0.25) is 0 Å². The second-order valence-electron chi connectivity index (χ2n) is 6.49. The van der Waals surface area contributed by atoms with Gasteiger partial charge in [0.05, 0.1) is 32.1 Å². The standard InChI is InChI=1S/C22H27N3O4/c1-5-27-18-10-16(11-19(28-6-2)21(18)29-7-3)22(26)23-12-17-14-25-13-15(4)8-9-20(25)24-17/h8-11,13-14H,5-7,12H2,1-4H3,(H,23,26). The van der Waals surface area contributed by atoms with Gasteiger partial charge in [0, 0.05) is 18.0 Å². The number of rotatable bonds is 9. The number of fused-ring (bicyclic) bond motifs is 1. The van der Waals surface area contributed by atoms with E-state index < -0.39 is 0 Å². The molecule has 0 bridgehead atoms. The van der Waals surface area contributed by atoms with Crippen LogP contribution in [0, 0.1) is 6.92 Å². The molecule has 0 radical (unpaired) electrons. The van der Waals surface area contributed by atoms with Gasteiger partial charge < -0.3 is 23.9 Å². The Bertz CT molecular complexity index is 970. The molecule has 7 nitrogen and oxygen atoms in total. The monoisotopic (exact) mass is 397 g/mol. The van der Waals surface area contributed by atoms with Crippen molar-refractivity contribution in [3.8, 4) is 17.2 Å². The van der Waals surface area contributed by atoms with E-state index in [1.807, 2.05) is 56.6 Å². The molecule has 0 aliphatic carbocycles. The summed E-state index contributed by atoms with van der Waals surface area (Å²) >= 11 is 0. The molecule has 0 aliphatic heterocycles. The van der Waals surface area contributed by atoms with Gasteiger partial charge in [-0.25, -0.2) is 4.98 Å². The molecule has 0 saturated carbocycles. The van der Waals surface area contributed by atoms with Gasteiger partial charge in [0.2, 0.25) is 5.75 Å². The summed E-state index contributed by atoms with van der Waals surface area (Å²) in [4.78, 5) is 17.3. The Hall–Kier alpha value is -3.22. The quantitative estimate of drug-likeness (QED) is 0.595. The second-order valence-corrected chi connectivity index (χ2v) is 6.49. The Morgan fingerprint density at radius 1 is 1.00 bits per heavy atom. The molecule has 2 aromatic heterocycles. The third kappa shape index (κ3) is 4.80. The highest BCUT2D eigenvalue weighted by molar-refractivity contribution is 5.95. The molecule has 1 N–H and O–H groups in total. The Morgan fingerprint density at radius 2 is 1.66 bits per heavy atom. The van der Waals surface area contributed by atoms with Crippen LogP contribution in [0.25, 0.3) is 5.65 Å². The predicted octanol–water partition coefficient (Wildman–Crippen LogP) is 3.77. The number of nitrogens with zero attached hydrogens (tertiary/aromatic N) is 2. The molecule has 0 spiro atoms. The van der Waals surface area contributed by atoms with E-state index in [1.54, 1.807) is 12.1 Å². The number of nitrogens with one attached hydrogen (secondary N) is 1. The Balaban J connectivity index is 1.81. The summed E-state index contributed by atoms with van der Waals surface area (Å²) in [6.45, 7) is 9.39. The fraction of sp³-hybridized carbons (Fsp3) is 0.364. The molecular formula is C22H27N3O4. The van der Waals surface area contributed by atoms with Crippen molar-refractivity contribution in [1.82, 2.24) is 14.7 Å². The van der Waals surface area contributed by atoms with Crippen molar-refractivity contribution in [1.29, 1.82) is 0 Å². The van der Waals surface area contributed by atoms with Crippen LogP contribution in [-0.2, 0) is 6.54 Å². The summed E-state index contributed by atoms with van der Waals surface area (Å²) in [5.74, 6) is 1.27. The van der Waals surface area contributed by atoms with E-state index in [9.17, 15) is 4.79 Å². The molecule has 1 aromatic carbocycles. The van der Waals surface area contributed by atoms with Crippen LogP contribution < -0.4 is 19.5 Å². The Morgan fingerprint density at radius 3 is 2.28 bits per heavy atom. The lowest BCUT2D eigenvalue weighted by Crippen LogP contribution is -2.23. The minimum absolute atomic E-state index is 0.233. The average Bonchev–Trinajstić information content (AvgIpc) is 3.10. The van der Waals surface area contributed by atoms with Gasteiger partial charge in [-0.05, 0) is 51.5 Å². The van der Waals surface area contributed by atoms with Crippen LogP contribution >= 0.6 is 0 Å². The lowest BCUT2D eigenvalue weighted by molar-refractivity contribution is 0.0949. The zero-order valence-electron chi connectivity index (χ0n) is 17.3. The minimum Gasteiger partial charge on any atom is -0.490 e. The van der Waals surface area contributed by atoms with E-state index in [0.29, 0.717) is 49.2 Å². The van der Waals surface area contributed by atoms with Gasteiger partial charge in [0.25, 0.3) is 5.91 Å². The van der Waals surface area contributed by atoms with E-state index in [0.717, 1.165) is 16.9 Å². The maximum absolute atomic E-state index is 12.8. The SMILES string of the molecule is CCOc1cc(C(=O)NCc2cn3cc(C)ccc3n2)cc(OCC)c1OCC. The fourth-order valence-electron chi connectivity index (χ4n) is 3.03. The van der Waals surface area contributed by atoms with Gasteiger partial charge in [-0.3, -0.25) is 4.79 Å². The van der Waals surface area contributed by atoms with Gasteiger partial charge >= 0.3 is 0 Å². The topological polar surface area (TPSA) is 74.1 Å². The first kappa shape index (κ1) is 20.5. The first-order chi connectivity index (χ1) is 14.0. The number of ether oxygens (including phenoxy) is 3. The first-order valence-corrected chi connectivity index (χ1v) is 9.84. The first-order valence-electron chi connectivity index (χ1n) is 9.84. The molecule has 0 unspecified atom stereocenters. The highest BCUT2D eigenvalue weighted by Gasteiger charge is 2.18. The summed E-state index contributed by atoms with van der Waals surface area (Å²) in [6, 6.07) is 7.32. The molecule has 29 heavy (non-hydrogen) atoms. The van der Waals surface area contributed by atoms with E-state index in [4.69, 9.17) is 14.2 Å². The summed E-state index contributed by atoms with van der Waals surface area (Å²) < 4.78 is 19.0. The molecule has 3 rings (SSSR count). The number of carbonyl (C=O) groups is 1. The lowest BCUT2D eigenvalue weighted by atomic mass is 10.1. The summed E-state index contributed by atoms with van der Waals surface area (Å²) in [5, 5.41) is 2.91. The zero-order chi connectivity index (χ0) is 20.8. The number of aromatic nitrogens is 2. The van der Waals surface area contributed by atoms with Crippen molar-refractivity contribution in [2.45, 2.75) is 34.2 Å². The highest BCUT2D eigenvalue weighted by atomic mass is 16.5. The maximum Gasteiger partial charge on any atom is 0.251 e. The third-order valence-corrected chi connectivity index (χ3v) is 4.25. The molecule has 3 aromatic rings. The second kappa shape index (κ2) is 9.32. The van der Waals surface area contributed by atoms with Crippen LogP contribution in [-0.4, -0.2) is 35.1 Å². The Kier molecular flexibility index (Phi) is 6.59. The van der Waals surface area contributed by atoms with Crippen molar-refractivity contribution < 1.29 is 19.0 Å². The highest BCUT2D eigenvalue weighted by Crippen LogP contribution is 2.39. The van der Waals surface area contributed by atoms with Crippen LogP contribution in [0.5, 0.6) is 17.2 Å². The molecule has 1 amide bonds. The zero-order valence-corrected chi connectivity index (χ0v) is 17.3. The van der Waals surface area contributed by atoms with Gasteiger partial charge in [0.1, 0.15) is 5.65 Å². The number of benzene rings is 1.